The highest BCUT2D eigenvalue weighted by atomic mass is 32.2. The topological polar surface area (TPSA) is 92.5 Å². The molecule has 0 aromatic heterocycles. The number of nitrogens with two attached hydrogens (primary N) is 1. The Morgan fingerprint density at radius 1 is 1.43 bits per heavy atom. The van der Waals surface area contributed by atoms with Gasteiger partial charge in [-0.15, -0.1) is 0 Å². The summed E-state index contributed by atoms with van der Waals surface area (Å²) < 4.78 is 25.9. The second-order valence-electron chi connectivity index (χ2n) is 4.97. The van der Waals surface area contributed by atoms with Crippen molar-refractivity contribution in [3.8, 4) is 0 Å². The van der Waals surface area contributed by atoms with Gasteiger partial charge in [-0.25, -0.2) is 8.42 Å². The van der Waals surface area contributed by atoms with Crippen LogP contribution in [-0.2, 0) is 14.8 Å². The van der Waals surface area contributed by atoms with Crippen molar-refractivity contribution in [2.75, 3.05) is 20.1 Å². The molecule has 1 aromatic carbocycles. The van der Waals surface area contributed by atoms with Gasteiger partial charge in [-0.2, -0.15) is 4.31 Å². The third kappa shape index (κ3) is 4.80. The van der Waals surface area contributed by atoms with E-state index in [0.29, 0.717) is 6.54 Å². The van der Waals surface area contributed by atoms with E-state index < -0.39 is 10.0 Å². The summed E-state index contributed by atoms with van der Waals surface area (Å²) in [5.74, 6) is -0.314. The predicted octanol–water partition coefficient (Wildman–Crippen LogP) is 0.853. The second kappa shape index (κ2) is 7.53. The van der Waals surface area contributed by atoms with E-state index in [1.807, 2.05) is 6.92 Å². The minimum atomic E-state index is -3.70. The molecule has 0 aliphatic carbocycles. The highest BCUT2D eigenvalue weighted by Gasteiger charge is 2.23. The van der Waals surface area contributed by atoms with Gasteiger partial charge in [0.05, 0.1) is 11.4 Å². The lowest BCUT2D eigenvalue weighted by Gasteiger charge is -2.17. The molecule has 1 rings (SSSR count). The molecule has 1 atom stereocenters. The summed E-state index contributed by atoms with van der Waals surface area (Å²) in [6.07, 6.45) is 0.804. The summed E-state index contributed by atoms with van der Waals surface area (Å²) in [5, 5.41) is 2.65. The number of rotatable bonds is 7. The van der Waals surface area contributed by atoms with Crippen LogP contribution in [0.1, 0.15) is 31.9 Å². The lowest BCUT2D eigenvalue weighted by Crippen LogP contribution is -2.38. The van der Waals surface area contributed by atoms with E-state index in [1.54, 1.807) is 25.1 Å². The van der Waals surface area contributed by atoms with E-state index in [9.17, 15) is 13.2 Å². The SMILES string of the molecule is CCCNC(=O)CN(C)S(=O)(=O)c1cccc(C(C)N)c1. The van der Waals surface area contributed by atoms with Gasteiger partial charge < -0.3 is 11.1 Å². The molecule has 1 unspecified atom stereocenters. The highest BCUT2D eigenvalue weighted by molar-refractivity contribution is 7.89. The molecule has 7 heteroatoms. The number of nitrogens with zero attached hydrogens (tertiary/aromatic N) is 1. The van der Waals surface area contributed by atoms with Crippen LogP contribution in [0.25, 0.3) is 0 Å². The Labute approximate surface area is 126 Å². The van der Waals surface area contributed by atoms with E-state index >= 15 is 0 Å². The van der Waals surface area contributed by atoms with Crippen molar-refractivity contribution < 1.29 is 13.2 Å². The van der Waals surface area contributed by atoms with Crippen LogP contribution in [0.2, 0.25) is 0 Å². The first kappa shape index (κ1) is 17.6. The molecule has 0 fully saturated rings. The molecule has 21 heavy (non-hydrogen) atoms. The largest absolute Gasteiger partial charge is 0.355 e. The van der Waals surface area contributed by atoms with E-state index in [1.165, 1.54) is 13.1 Å². The number of hydrogen-bond acceptors (Lipinski definition) is 4. The van der Waals surface area contributed by atoms with Crippen LogP contribution in [0.4, 0.5) is 0 Å². The molecule has 0 spiro atoms. The van der Waals surface area contributed by atoms with Crippen molar-refractivity contribution in [2.24, 2.45) is 5.73 Å². The fourth-order valence-corrected chi connectivity index (χ4v) is 2.93. The van der Waals surface area contributed by atoms with E-state index in [4.69, 9.17) is 5.73 Å². The maximum absolute atomic E-state index is 12.4. The summed E-state index contributed by atoms with van der Waals surface area (Å²) >= 11 is 0. The van der Waals surface area contributed by atoms with Gasteiger partial charge in [0.2, 0.25) is 15.9 Å². The average molecular weight is 313 g/mol. The Balaban J connectivity index is 2.89. The van der Waals surface area contributed by atoms with E-state index in [-0.39, 0.29) is 23.4 Å². The fraction of sp³-hybridized carbons (Fsp3) is 0.500. The molecule has 0 radical (unpaired) electrons. The standard InChI is InChI=1S/C14H23N3O3S/c1-4-8-16-14(18)10-17(3)21(19,20)13-7-5-6-12(9-13)11(2)15/h5-7,9,11H,4,8,10,15H2,1-3H3,(H,16,18). The van der Waals surface area contributed by atoms with Gasteiger partial charge in [0.15, 0.2) is 0 Å². The van der Waals surface area contributed by atoms with Crippen LogP contribution < -0.4 is 11.1 Å². The molecule has 0 bridgehead atoms. The molecule has 3 N–H and O–H groups in total. The van der Waals surface area contributed by atoms with Gasteiger partial charge in [-0.3, -0.25) is 4.79 Å². The molecule has 6 nitrogen and oxygen atoms in total. The van der Waals surface area contributed by atoms with Crippen LogP contribution in [0.3, 0.4) is 0 Å². The smallest absolute Gasteiger partial charge is 0.243 e. The molecule has 0 saturated heterocycles. The van der Waals surface area contributed by atoms with Crippen molar-refractivity contribution in [3.63, 3.8) is 0 Å². The molecule has 0 aliphatic heterocycles. The number of carbonyl (C=O) groups is 1. The predicted molar refractivity (Wildman–Crippen MR) is 82.2 cm³/mol. The number of benzene rings is 1. The number of nitrogens with one attached hydrogen (secondary N) is 1. The zero-order valence-corrected chi connectivity index (χ0v) is 13.5. The van der Waals surface area contributed by atoms with Gasteiger partial charge in [-0.05, 0) is 31.0 Å². The van der Waals surface area contributed by atoms with Gasteiger partial charge in [0, 0.05) is 19.6 Å². The molecular weight excluding hydrogens is 290 g/mol. The fourth-order valence-electron chi connectivity index (χ4n) is 1.75. The lowest BCUT2D eigenvalue weighted by molar-refractivity contribution is -0.121. The van der Waals surface area contributed by atoms with Gasteiger partial charge in [0.25, 0.3) is 0 Å². The maximum atomic E-state index is 12.4. The average Bonchev–Trinajstić information content (AvgIpc) is 2.45. The lowest BCUT2D eigenvalue weighted by atomic mass is 10.1. The molecular formula is C14H23N3O3S. The van der Waals surface area contributed by atoms with Crippen LogP contribution in [0, 0.1) is 0 Å². The van der Waals surface area contributed by atoms with Crippen LogP contribution in [-0.4, -0.2) is 38.8 Å². The third-order valence-corrected chi connectivity index (χ3v) is 4.83. The maximum Gasteiger partial charge on any atom is 0.243 e. The zero-order chi connectivity index (χ0) is 16.0. The Kier molecular flexibility index (Phi) is 6.32. The number of likely N-dealkylation sites (N-methyl/N-ethyl adjacent to an activating group) is 1. The monoisotopic (exact) mass is 313 g/mol. The van der Waals surface area contributed by atoms with Crippen molar-refractivity contribution in [2.45, 2.75) is 31.2 Å². The van der Waals surface area contributed by atoms with Gasteiger partial charge in [0.1, 0.15) is 0 Å². The second-order valence-corrected chi connectivity index (χ2v) is 7.02. The first-order chi connectivity index (χ1) is 9.78. The Morgan fingerprint density at radius 2 is 2.10 bits per heavy atom. The number of amides is 1. The minimum Gasteiger partial charge on any atom is -0.355 e. The van der Waals surface area contributed by atoms with Gasteiger partial charge in [-0.1, -0.05) is 19.1 Å². The quantitative estimate of drug-likeness (QED) is 0.780. The van der Waals surface area contributed by atoms with E-state index in [2.05, 4.69) is 5.32 Å². The Hall–Kier alpha value is -1.44. The Bertz CT molecular complexity index is 585. The summed E-state index contributed by atoms with van der Waals surface area (Å²) in [6.45, 7) is 4.05. The van der Waals surface area contributed by atoms with Crippen molar-refractivity contribution >= 4 is 15.9 Å². The highest BCUT2D eigenvalue weighted by Crippen LogP contribution is 2.18. The van der Waals surface area contributed by atoms with Crippen LogP contribution in [0.5, 0.6) is 0 Å². The molecule has 1 aromatic rings. The summed E-state index contributed by atoms with van der Waals surface area (Å²) in [4.78, 5) is 11.8. The summed E-state index contributed by atoms with van der Waals surface area (Å²) in [7, 11) is -2.31. The summed E-state index contributed by atoms with van der Waals surface area (Å²) in [6, 6.07) is 6.22. The zero-order valence-electron chi connectivity index (χ0n) is 12.7. The third-order valence-electron chi connectivity index (χ3n) is 3.03. The number of sulfonamides is 1. The molecule has 118 valence electrons. The molecule has 0 aliphatic rings. The number of hydrogen-bond donors (Lipinski definition) is 2. The van der Waals surface area contributed by atoms with Crippen molar-refractivity contribution in [1.29, 1.82) is 0 Å². The first-order valence-electron chi connectivity index (χ1n) is 6.87. The Morgan fingerprint density at radius 3 is 2.67 bits per heavy atom. The minimum absolute atomic E-state index is 0.142. The van der Waals surface area contributed by atoms with E-state index in [0.717, 1.165) is 16.3 Å². The normalized spacial score (nSPS) is 13.2. The first-order valence-corrected chi connectivity index (χ1v) is 8.31. The van der Waals surface area contributed by atoms with Gasteiger partial charge >= 0.3 is 0 Å². The molecule has 1 amide bonds. The molecule has 0 saturated carbocycles. The molecule has 0 heterocycles. The summed E-state index contributed by atoms with van der Waals surface area (Å²) in [5.41, 5.74) is 6.50. The number of carbonyl (C=O) groups excluding carboxylic acids is 1. The van der Waals surface area contributed by atoms with Crippen molar-refractivity contribution in [1.82, 2.24) is 9.62 Å². The van der Waals surface area contributed by atoms with Crippen LogP contribution >= 0.6 is 0 Å². The van der Waals surface area contributed by atoms with Crippen molar-refractivity contribution in [3.05, 3.63) is 29.8 Å². The van der Waals surface area contributed by atoms with Crippen LogP contribution in [0.15, 0.2) is 29.2 Å².